The number of nitrogens with two attached hydrogens (primary N) is 1. The molecule has 0 radical (unpaired) electrons. The largest absolute Gasteiger partial charge is 0.396 e. The molecule has 2 amide bonds. The Morgan fingerprint density at radius 3 is 2.80 bits per heavy atom. The molecule has 6 nitrogen and oxygen atoms in total. The van der Waals surface area contributed by atoms with Crippen molar-refractivity contribution in [3.8, 4) is 0 Å². The Hall–Kier alpha value is -1.92. The number of primary amides is 1. The minimum absolute atomic E-state index is 0.155. The number of amides is 2. The maximum absolute atomic E-state index is 12.0. The number of hydrogen-bond acceptors (Lipinski definition) is 4. The second-order valence-electron chi connectivity index (χ2n) is 5.03. The summed E-state index contributed by atoms with van der Waals surface area (Å²) in [6.07, 6.45) is 0.904. The summed E-state index contributed by atoms with van der Waals surface area (Å²) in [5.41, 5.74) is 6.00. The first-order valence-corrected chi connectivity index (χ1v) is 6.62. The van der Waals surface area contributed by atoms with Gasteiger partial charge < -0.3 is 16.2 Å². The van der Waals surface area contributed by atoms with E-state index in [0.717, 1.165) is 19.5 Å². The first kappa shape index (κ1) is 14.5. The van der Waals surface area contributed by atoms with E-state index in [0.29, 0.717) is 11.3 Å². The van der Waals surface area contributed by atoms with Crippen molar-refractivity contribution in [2.24, 2.45) is 11.7 Å². The molecule has 0 bridgehead atoms. The van der Waals surface area contributed by atoms with Crippen molar-refractivity contribution >= 4 is 17.5 Å². The number of anilines is 1. The van der Waals surface area contributed by atoms with Gasteiger partial charge in [-0.2, -0.15) is 0 Å². The Bertz CT molecular complexity index is 504. The Balaban J connectivity index is 1.94. The summed E-state index contributed by atoms with van der Waals surface area (Å²) in [6.45, 7) is 1.93. The topological polar surface area (TPSA) is 95.7 Å². The summed E-state index contributed by atoms with van der Waals surface area (Å²) >= 11 is 0. The lowest BCUT2D eigenvalue weighted by atomic mass is 10.1. The van der Waals surface area contributed by atoms with E-state index in [1.54, 1.807) is 24.3 Å². The molecule has 1 saturated heterocycles. The van der Waals surface area contributed by atoms with Crippen LogP contribution in [0.2, 0.25) is 0 Å². The zero-order valence-electron chi connectivity index (χ0n) is 11.2. The number of likely N-dealkylation sites (tertiary alicyclic amines) is 1. The maximum Gasteiger partial charge on any atom is 0.250 e. The van der Waals surface area contributed by atoms with Crippen molar-refractivity contribution in [2.45, 2.75) is 6.42 Å². The van der Waals surface area contributed by atoms with Gasteiger partial charge in [0.05, 0.1) is 17.8 Å². The highest BCUT2D eigenvalue weighted by atomic mass is 16.3. The standard InChI is InChI=1S/C14H19N3O3/c15-14(20)11-3-1-2-4-12(11)16-13(19)8-17-6-5-10(7-17)9-18/h1-4,10,18H,5-9H2,(H2,15,20)(H,16,19). The van der Waals surface area contributed by atoms with E-state index in [4.69, 9.17) is 10.8 Å². The van der Waals surface area contributed by atoms with E-state index in [-0.39, 0.29) is 25.0 Å². The second kappa shape index (κ2) is 6.49. The number of carbonyl (C=O) groups excluding carboxylic acids is 2. The number of hydrogen-bond donors (Lipinski definition) is 3. The molecule has 2 rings (SSSR count). The van der Waals surface area contributed by atoms with E-state index in [1.165, 1.54) is 0 Å². The molecular formula is C14H19N3O3. The summed E-state index contributed by atoms with van der Waals surface area (Å²) in [7, 11) is 0. The van der Waals surface area contributed by atoms with E-state index in [2.05, 4.69) is 5.32 Å². The van der Waals surface area contributed by atoms with Gasteiger partial charge >= 0.3 is 0 Å². The average Bonchev–Trinajstić information content (AvgIpc) is 2.86. The fourth-order valence-corrected chi connectivity index (χ4v) is 2.41. The maximum atomic E-state index is 12.0. The number of nitrogens with one attached hydrogen (secondary N) is 1. The molecule has 1 unspecified atom stereocenters. The van der Waals surface area contributed by atoms with Crippen LogP contribution in [-0.4, -0.2) is 48.1 Å². The predicted molar refractivity (Wildman–Crippen MR) is 75.2 cm³/mol. The Kier molecular flexibility index (Phi) is 4.70. The summed E-state index contributed by atoms with van der Waals surface area (Å²) < 4.78 is 0. The van der Waals surface area contributed by atoms with Crippen LogP contribution in [0.3, 0.4) is 0 Å². The van der Waals surface area contributed by atoms with Crippen LogP contribution in [0.25, 0.3) is 0 Å². The minimum atomic E-state index is -0.567. The fourth-order valence-electron chi connectivity index (χ4n) is 2.41. The molecule has 1 aromatic rings. The molecule has 1 atom stereocenters. The molecule has 1 heterocycles. The first-order valence-electron chi connectivity index (χ1n) is 6.62. The molecule has 1 fully saturated rings. The SMILES string of the molecule is NC(=O)c1ccccc1NC(=O)CN1CCC(CO)C1. The van der Waals surface area contributed by atoms with Crippen LogP contribution >= 0.6 is 0 Å². The third-order valence-electron chi connectivity index (χ3n) is 3.46. The number of aliphatic hydroxyl groups excluding tert-OH is 1. The lowest BCUT2D eigenvalue weighted by molar-refractivity contribution is -0.117. The fraction of sp³-hybridized carbons (Fsp3) is 0.429. The summed E-state index contributed by atoms with van der Waals surface area (Å²) in [6, 6.07) is 6.66. The van der Waals surface area contributed by atoms with Gasteiger partial charge in [-0.25, -0.2) is 0 Å². The first-order chi connectivity index (χ1) is 9.60. The van der Waals surface area contributed by atoms with Crippen molar-refractivity contribution in [1.29, 1.82) is 0 Å². The Morgan fingerprint density at radius 1 is 1.40 bits per heavy atom. The molecule has 108 valence electrons. The number of rotatable bonds is 5. The summed E-state index contributed by atoms with van der Waals surface area (Å²) in [4.78, 5) is 25.2. The predicted octanol–water partition coefficient (Wildman–Crippen LogP) is 0.0382. The number of nitrogens with zero attached hydrogens (tertiary/aromatic N) is 1. The van der Waals surface area contributed by atoms with E-state index >= 15 is 0 Å². The van der Waals surface area contributed by atoms with Gasteiger partial charge in [0.1, 0.15) is 0 Å². The quantitative estimate of drug-likeness (QED) is 0.708. The summed E-state index contributed by atoms with van der Waals surface area (Å²) in [5.74, 6) is -0.500. The van der Waals surface area contributed by atoms with Gasteiger partial charge in [-0.1, -0.05) is 12.1 Å². The highest BCUT2D eigenvalue weighted by Crippen LogP contribution is 2.17. The molecule has 0 aliphatic carbocycles. The third kappa shape index (κ3) is 3.55. The lowest BCUT2D eigenvalue weighted by Gasteiger charge is -2.16. The van der Waals surface area contributed by atoms with Crippen LogP contribution in [0.15, 0.2) is 24.3 Å². The number of para-hydroxylation sites is 1. The zero-order valence-corrected chi connectivity index (χ0v) is 11.2. The molecule has 4 N–H and O–H groups in total. The molecule has 20 heavy (non-hydrogen) atoms. The molecule has 0 spiro atoms. The molecule has 1 aliphatic heterocycles. The van der Waals surface area contributed by atoms with E-state index < -0.39 is 5.91 Å². The minimum Gasteiger partial charge on any atom is -0.396 e. The van der Waals surface area contributed by atoms with Gasteiger partial charge in [-0.15, -0.1) is 0 Å². The van der Waals surface area contributed by atoms with Gasteiger partial charge in [-0.3, -0.25) is 14.5 Å². The van der Waals surface area contributed by atoms with Gasteiger partial charge in [0.25, 0.3) is 5.91 Å². The molecule has 0 aromatic heterocycles. The highest BCUT2D eigenvalue weighted by molar-refractivity contribution is 6.03. The van der Waals surface area contributed by atoms with Crippen LogP contribution < -0.4 is 11.1 Å². The van der Waals surface area contributed by atoms with Crippen LogP contribution in [0, 0.1) is 5.92 Å². The van der Waals surface area contributed by atoms with Crippen molar-refractivity contribution in [1.82, 2.24) is 4.90 Å². The van der Waals surface area contributed by atoms with Gasteiger partial charge in [0, 0.05) is 13.2 Å². The number of benzene rings is 1. The van der Waals surface area contributed by atoms with Crippen LogP contribution in [0.4, 0.5) is 5.69 Å². The van der Waals surface area contributed by atoms with Gasteiger partial charge in [0.2, 0.25) is 5.91 Å². The molecule has 1 aromatic carbocycles. The van der Waals surface area contributed by atoms with E-state index in [1.807, 2.05) is 4.90 Å². The number of aliphatic hydroxyl groups is 1. The smallest absolute Gasteiger partial charge is 0.250 e. The van der Waals surface area contributed by atoms with Crippen molar-refractivity contribution < 1.29 is 14.7 Å². The van der Waals surface area contributed by atoms with Crippen LogP contribution in [0.5, 0.6) is 0 Å². The second-order valence-corrected chi connectivity index (χ2v) is 5.03. The molecular weight excluding hydrogens is 258 g/mol. The van der Waals surface area contributed by atoms with Crippen LogP contribution in [0.1, 0.15) is 16.8 Å². The number of carbonyl (C=O) groups is 2. The Morgan fingerprint density at radius 2 is 2.15 bits per heavy atom. The van der Waals surface area contributed by atoms with Crippen molar-refractivity contribution in [3.05, 3.63) is 29.8 Å². The van der Waals surface area contributed by atoms with Crippen molar-refractivity contribution in [2.75, 3.05) is 31.6 Å². The summed E-state index contributed by atoms with van der Waals surface area (Å²) in [5, 5.41) is 11.8. The monoisotopic (exact) mass is 277 g/mol. The molecule has 1 aliphatic rings. The normalized spacial score (nSPS) is 18.9. The van der Waals surface area contributed by atoms with Crippen molar-refractivity contribution in [3.63, 3.8) is 0 Å². The third-order valence-corrected chi connectivity index (χ3v) is 3.46. The van der Waals surface area contributed by atoms with E-state index in [9.17, 15) is 9.59 Å². The highest BCUT2D eigenvalue weighted by Gasteiger charge is 2.23. The van der Waals surface area contributed by atoms with Crippen LogP contribution in [-0.2, 0) is 4.79 Å². The average molecular weight is 277 g/mol. The Labute approximate surface area is 117 Å². The lowest BCUT2D eigenvalue weighted by Crippen LogP contribution is -2.32. The molecule has 0 saturated carbocycles. The molecule has 6 heteroatoms. The zero-order chi connectivity index (χ0) is 14.5. The van der Waals surface area contributed by atoms with Gasteiger partial charge in [-0.05, 0) is 31.0 Å². The van der Waals surface area contributed by atoms with Gasteiger partial charge in [0.15, 0.2) is 0 Å².